The second kappa shape index (κ2) is 8.51. The van der Waals surface area contributed by atoms with Crippen molar-refractivity contribution >= 4 is 11.6 Å². The van der Waals surface area contributed by atoms with Crippen LogP contribution in [0.3, 0.4) is 0 Å². The first-order valence-corrected chi connectivity index (χ1v) is 11.0. The second-order valence-electron chi connectivity index (χ2n) is 8.59. The molecule has 2 aromatic heterocycles. The first-order valence-electron chi connectivity index (χ1n) is 11.0. The van der Waals surface area contributed by atoms with Gasteiger partial charge in [-0.1, -0.05) is 6.07 Å². The Hall–Kier alpha value is -3.39. The van der Waals surface area contributed by atoms with E-state index in [1.54, 1.807) is 6.07 Å². The number of carbonyl (C=O) groups excluding carboxylic acids is 1. The highest BCUT2D eigenvalue weighted by atomic mass is 19.1. The predicted molar refractivity (Wildman–Crippen MR) is 120 cm³/mol. The lowest BCUT2D eigenvalue weighted by Gasteiger charge is -2.40. The summed E-state index contributed by atoms with van der Waals surface area (Å²) in [5.41, 5.74) is 3.32. The number of nitrogens with zero attached hydrogens (tertiary/aromatic N) is 3. The van der Waals surface area contributed by atoms with E-state index in [0.717, 1.165) is 11.4 Å². The van der Waals surface area contributed by atoms with Crippen molar-refractivity contribution in [1.29, 1.82) is 0 Å². The lowest BCUT2D eigenvalue weighted by Crippen LogP contribution is -2.49. The molecule has 8 heteroatoms. The van der Waals surface area contributed by atoms with E-state index in [-0.39, 0.29) is 35.8 Å². The van der Waals surface area contributed by atoms with Gasteiger partial charge in [0.15, 0.2) is 0 Å². The third kappa shape index (κ3) is 3.95. The van der Waals surface area contributed by atoms with Gasteiger partial charge in [0.05, 0.1) is 54.2 Å². The van der Waals surface area contributed by atoms with Crippen molar-refractivity contribution < 1.29 is 18.3 Å². The van der Waals surface area contributed by atoms with Gasteiger partial charge in [0, 0.05) is 24.2 Å². The van der Waals surface area contributed by atoms with Gasteiger partial charge in [-0.15, -0.1) is 0 Å². The van der Waals surface area contributed by atoms with Crippen LogP contribution < -0.4 is 10.2 Å². The van der Waals surface area contributed by atoms with Crippen molar-refractivity contribution in [2.24, 2.45) is 0 Å². The van der Waals surface area contributed by atoms with E-state index in [1.807, 2.05) is 18.3 Å². The molecule has 0 radical (unpaired) electrons. The van der Waals surface area contributed by atoms with Gasteiger partial charge in [-0.25, -0.2) is 13.8 Å². The third-order valence-corrected chi connectivity index (χ3v) is 6.19. The van der Waals surface area contributed by atoms with Crippen LogP contribution in [-0.2, 0) is 17.7 Å². The molecule has 170 valence electrons. The van der Waals surface area contributed by atoms with Crippen molar-refractivity contribution in [3.8, 4) is 11.3 Å². The molecular weight excluding hydrogens is 426 g/mol. The van der Waals surface area contributed by atoms with Crippen LogP contribution in [0.25, 0.3) is 11.3 Å². The zero-order valence-electron chi connectivity index (χ0n) is 18.4. The fraction of sp³-hybridized carbons (Fsp3) is 0.320. The number of morpholine rings is 1. The fourth-order valence-electron chi connectivity index (χ4n) is 4.71. The quantitative estimate of drug-likeness (QED) is 0.654. The van der Waals surface area contributed by atoms with Gasteiger partial charge >= 0.3 is 0 Å². The first-order chi connectivity index (χ1) is 15.9. The summed E-state index contributed by atoms with van der Waals surface area (Å²) >= 11 is 0. The standard InChI is InChI=1S/C25H24F2N4O2/c1-14-12-33-13-15(2)31(14)18-7-6-17(28-10-18)8-16-9-21(24-19(26)4-3-5-20(24)27)30-22-11-29-25(32)23(16)22/h3-7,9-10,14-15H,8,11-13H2,1-2H3,(H,29,32)/t14-,15-/m1/s1. The maximum atomic E-state index is 14.4. The number of fused-ring (bicyclic) bond motifs is 1. The molecule has 3 aromatic rings. The highest BCUT2D eigenvalue weighted by Gasteiger charge is 2.28. The van der Waals surface area contributed by atoms with Crippen molar-refractivity contribution in [1.82, 2.24) is 15.3 Å². The minimum atomic E-state index is -0.693. The Balaban J connectivity index is 1.49. The smallest absolute Gasteiger partial charge is 0.253 e. The summed E-state index contributed by atoms with van der Waals surface area (Å²) in [6.45, 7) is 5.79. The normalized spacial score (nSPS) is 20.0. The van der Waals surface area contributed by atoms with Crippen LogP contribution >= 0.6 is 0 Å². The average Bonchev–Trinajstić information content (AvgIpc) is 3.16. The number of ether oxygens (including phenoxy) is 1. The largest absolute Gasteiger partial charge is 0.377 e. The Labute approximate surface area is 190 Å². The van der Waals surface area contributed by atoms with Gasteiger partial charge in [-0.05, 0) is 49.7 Å². The molecule has 1 saturated heterocycles. The van der Waals surface area contributed by atoms with E-state index in [4.69, 9.17) is 4.74 Å². The number of hydrogen-bond donors (Lipinski definition) is 1. The Kier molecular flexibility index (Phi) is 5.54. The summed E-state index contributed by atoms with van der Waals surface area (Å²) in [6.07, 6.45) is 2.17. The Bertz CT molecular complexity index is 1190. The molecule has 1 aromatic carbocycles. The number of benzene rings is 1. The SMILES string of the molecule is C[C@@H]1COC[C@@H](C)N1c1ccc(Cc2cc(-c3c(F)cccc3F)nc3c2C(=O)NC3)nc1. The first kappa shape index (κ1) is 21.5. The number of anilines is 1. The maximum absolute atomic E-state index is 14.4. The molecule has 6 nitrogen and oxygen atoms in total. The summed E-state index contributed by atoms with van der Waals surface area (Å²) in [4.78, 5) is 23.8. The fourth-order valence-corrected chi connectivity index (χ4v) is 4.71. The minimum Gasteiger partial charge on any atom is -0.377 e. The van der Waals surface area contributed by atoms with Gasteiger partial charge in [0.2, 0.25) is 0 Å². The van der Waals surface area contributed by atoms with E-state index in [2.05, 4.69) is 34.0 Å². The monoisotopic (exact) mass is 450 g/mol. The topological polar surface area (TPSA) is 67.3 Å². The van der Waals surface area contributed by atoms with Crippen molar-refractivity contribution in [3.05, 3.63) is 76.7 Å². The van der Waals surface area contributed by atoms with Gasteiger partial charge in [0.25, 0.3) is 5.91 Å². The molecule has 1 N–H and O–H groups in total. The highest BCUT2D eigenvalue weighted by Crippen LogP contribution is 2.30. The molecule has 4 heterocycles. The Morgan fingerprint density at radius 2 is 1.82 bits per heavy atom. The number of amides is 1. The van der Waals surface area contributed by atoms with E-state index >= 15 is 0 Å². The summed E-state index contributed by atoms with van der Waals surface area (Å²) < 4.78 is 34.4. The average molecular weight is 450 g/mol. The number of hydrogen-bond acceptors (Lipinski definition) is 5. The molecule has 0 spiro atoms. The van der Waals surface area contributed by atoms with Crippen LogP contribution in [0.15, 0.2) is 42.6 Å². The molecular formula is C25H24F2N4O2. The van der Waals surface area contributed by atoms with Crippen LogP contribution in [0.5, 0.6) is 0 Å². The van der Waals surface area contributed by atoms with Gasteiger partial charge in [0.1, 0.15) is 11.6 Å². The van der Waals surface area contributed by atoms with Crippen molar-refractivity contribution in [2.75, 3.05) is 18.1 Å². The number of rotatable bonds is 4. The molecule has 2 aliphatic heterocycles. The van der Waals surface area contributed by atoms with Crippen LogP contribution in [0, 0.1) is 11.6 Å². The molecule has 0 saturated carbocycles. The van der Waals surface area contributed by atoms with Gasteiger partial charge in [-0.3, -0.25) is 9.78 Å². The number of carbonyl (C=O) groups is 1. The minimum absolute atomic E-state index is 0.170. The number of halogens is 2. The molecule has 1 fully saturated rings. The summed E-state index contributed by atoms with van der Waals surface area (Å²) in [6, 6.07) is 9.72. The third-order valence-electron chi connectivity index (χ3n) is 6.19. The summed E-state index contributed by atoms with van der Waals surface area (Å²) in [5.74, 6) is -1.62. The zero-order chi connectivity index (χ0) is 23.1. The Morgan fingerprint density at radius 1 is 1.09 bits per heavy atom. The molecule has 1 amide bonds. The molecule has 0 unspecified atom stereocenters. The highest BCUT2D eigenvalue weighted by molar-refractivity contribution is 5.99. The molecule has 0 bridgehead atoms. The van der Waals surface area contributed by atoms with Crippen LogP contribution in [0.1, 0.15) is 41.2 Å². The van der Waals surface area contributed by atoms with Crippen molar-refractivity contribution in [3.63, 3.8) is 0 Å². The van der Waals surface area contributed by atoms with E-state index < -0.39 is 11.6 Å². The van der Waals surface area contributed by atoms with Gasteiger partial charge < -0.3 is 15.0 Å². The van der Waals surface area contributed by atoms with Crippen LogP contribution in [0.2, 0.25) is 0 Å². The molecule has 2 atom stereocenters. The van der Waals surface area contributed by atoms with Crippen LogP contribution in [0.4, 0.5) is 14.5 Å². The zero-order valence-corrected chi connectivity index (χ0v) is 18.4. The number of aromatic nitrogens is 2. The van der Waals surface area contributed by atoms with Crippen molar-refractivity contribution in [2.45, 2.75) is 38.9 Å². The molecule has 5 rings (SSSR count). The number of nitrogens with one attached hydrogen (secondary N) is 1. The lowest BCUT2D eigenvalue weighted by molar-refractivity contribution is 0.0756. The van der Waals surface area contributed by atoms with E-state index in [9.17, 15) is 13.6 Å². The number of pyridine rings is 2. The van der Waals surface area contributed by atoms with E-state index in [0.29, 0.717) is 36.5 Å². The molecule has 2 aliphatic rings. The molecule has 33 heavy (non-hydrogen) atoms. The lowest BCUT2D eigenvalue weighted by atomic mass is 9.98. The maximum Gasteiger partial charge on any atom is 0.253 e. The van der Waals surface area contributed by atoms with Crippen LogP contribution in [-0.4, -0.2) is 41.2 Å². The summed E-state index contributed by atoms with van der Waals surface area (Å²) in [7, 11) is 0. The Morgan fingerprint density at radius 3 is 2.48 bits per heavy atom. The summed E-state index contributed by atoms with van der Waals surface area (Å²) in [5, 5.41) is 2.75. The predicted octanol–water partition coefficient (Wildman–Crippen LogP) is 3.87. The van der Waals surface area contributed by atoms with E-state index in [1.165, 1.54) is 18.2 Å². The second-order valence-corrected chi connectivity index (χ2v) is 8.59. The molecule has 0 aliphatic carbocycles. The van der Waals surface area contributed by atoms with Gasteiger partial charge in [-0.2, -0.15) is 0 Å².